The van der Waals surface area contributed by atoms with Gasteiger partial charge in [0, 0.05) is 17.6 Å². The van der Waals surface area contributed by atoms with E-state index in [1.807, 2.05) is 0 Å². The number of benzene rings is 1. The summed E-state index contributed by atoms with van der Waals surface area (Å²) >= 11 is 0. The maximum atomic E-state index is 13.4. The van der Waals surface area contributed by atoms with Crippen molar-refractivity contribution >= 4 is 22.1 Å². The fourth-order valence-corrected chi connectivity index (χ4v) is 2.35. The number of fused-ring (bicyclic) bond motifs is 2. The van der Waals surface area contributed by atoms with Gasteiger partial charge < -0.3 is 9.97 Å². The Morgan fingerprint density at radius 2 is 1.82 bits per heavy atom. The number of nitrogens with one attached hydrogen (secondary N) is 2. The second-order valence-corrected chi connectivity index (χ2v) is 4.83. The number of hydrogen-bond acceptors (Lipinski definition) is 3. The lowest BCUT2D eigenvalue weighted by atomic mass is 10.1. The minimum absolute atomic E-state index is 0.224. The van der Waals surface area contributed by atoms with E-state index < -0.39 is 17.2 Å². The number of rotatable bonds is 1. The molecule has 0 amide bonds. The van der Waals surface area contributed by atoms with Crippen LogP contribution < -0.4 is 5.56 Å². The van der Waals surface area contributed by atoms with E-state index in [9.17, 15) is 13.6 Å². The largest absolute Gasteiger partial charge is 0.336 e. The highest BCUT2D eigenvalue weighted by Crippen LogP contribution is 2.21. The number of hydrogen-bond donors (Lipinski definition) is 2. The smallest absolute Gasteiger partial charge is 0.259 e. The van der Waals surface area contributed by atoms with E-state index in [4.69, 9.17) is 0 Å². The first-order chi connectivity index (χ1) is 10.6. The molecule has 3 heterocycles. The molecule has 0 aliphatic heterocycles. The van der Waals surface area contributed by atoms with Gasteiger partial charge in [0.2, 0.25) is 0 Å². The Bertz CT molecular complexity index is 1050. The highest BCUT2D eigenvalue weighted by molar-refractivity contribution is 5.84. The number of halogens is 2. The molecule has 0 radical (unpaired) electrons. The standard InChI is InChI=1S/C15H8F2N4O/c16-9-5-7-4-8(15(22)20-12(7)6-10(9)17)13-19-11-2-1-3-18-14(11)21-13/h1-6H,(H,20,22)(H,18,19,21). The Balaban J connectivity index is 1.99. The molecule has 0 saturated carbocycles. The Labute approximate surface area is 121 Å². The second kappa shape index (κ2) is 4.45. The lowest BCUT2D eigenvalue weighted by Gasteiger charge is -2.02. The van der Waals surface area contributed by atoms with Crippen LogP contribution in [0.5, 0.6) is 0 Å². The van der Waals surface area contributed by atoms with E-state index in [2.05, 4.69) is 19.9 Å². The van der Waals surface area contributed by atoms with Crippen LogP contribution in [-0.2, 0) is 0 Å². The molecule has 0 aliphatic rings. The first-order valence-corrected chi connectivity index (χ1v) is 6.45. The molecule has 0 saturated heterocycles. The Morgan fingerprint density at radius 3 is 2.64 bits per heavy atom. The van der Waals surface area contributed by atoms with Gasteiger partial charge in [-0.2, -0.15) is 0 Å². The molecule has 3 aromatic heterocycles. The number of pyridine rings is 2. The third-order valence-electron chi connectivity index (χ3n) is 3.40. The van der Waals surface area contributed by atoms with Crippen molar-refractivity contribution in [2.75, 3.05) is 0 Å². The number of aromatic amines is 2. The molecule has 1 aromatic carbocycles. The summed E-state index contributed by atoms with van der Waals surface area (Å²) in [6, 6.07) is 6.98. The Hall–Kier alpha value is -3.09. The fourth-order valence-electron chi connectivity index (χ4n) is 2.35. The van der Waals surface area contributed by atoms with Crippen LogP contribution in [0.1, 0.15) is 0 Å². The Morgan fingerprint density at radius 1 is 1.00 bits per heavy atom. The predicted octanol–water partition coefficient (Wildman–Crippen LogP) is 2.74. The molecular weight excluding hydrogens is 290 g/mol. The van der Waals surface area contributed by atoms with E-state index in [1.165, 1.54) is 6.07 Å². The molecule has 0 aliphatic carbocycles. The van der Waals surface area contributed by atoms with Crippen LogP contribution in [0.15, 0.2) is 41.3 Å². The van der Waals surface area contributed by atoms with E-state index >= 15 is 0 Å². The van der Waals surface area contributed by atoms with Gasteiger partial charge in [0.15, 0.2) is 17.3 Å². The van der Waals surface area contributed by atoms with Crippen LogP contribution in [0.3, 0.4) is 0 Å². The summed E-state index contributed by atoms with van der Waals surface area (Å²) in [5.74, 6) is -1.66. The first kappa shape index (κ1) is 12.6. The second-order valence-electron chi connectivity index (χ2n) is 4.83. The van der Waals surface area contributed by atoms with E-state index in [-0.39, 0.29) is 11.1 Å². The molecule has 5 nitrogen and oxygen atoms in total. The van der Waals surface area contributed by atoms with Crippen LogP contribution in [0.25, 0.3) is 33.5 Å². The van der Waals surface area contributed by atoms with Crippen LogP contribution in [0.2, 0.25) is 0 Å². The molecule has 4 aromatic rings. The molecular formula is C15H8F2N4O. The van der Waals surface area contributed by atoms with Crippen LogP contribution in [-0.4, -0.2) is 19.9 Å². The van der Waals surface area contributed by atoms with Gasteiger partial charge in [-0.25, -0.2) is 18.7 Å². The van der Waals surface area contributed by atoms with Crippen LogP contribution in [0, 0.1) is 11.6 Å². The molecule has 0 bridgehead atoms. The average Bonchev–Trinajstić information content (AvgIpc) is 2.92. The molecule has 2 N–H and O–H groups in total. The van der Waals surface area contributed by atoms with E-state index in [0.717, 1.165) is 12.1 Å². The number of nitrogens with zero attached hydrogens (tertiary/aromatic N) is 2. The van der Waals surface area contributed by atoms with Crippen molar-refractivity contribution in [3.8, 4) is 11.4 Å². The molecule has 0 atom stereocenters. The van der Waals surface area contributed by atoms with E-state index in [0.29, 0.717) is 22.4 Å². The van der Waals surface area contributed by atoms with Crippen LogP contribution >= 0.6 is 0 Å². The summed E-state index contributed by atoms with van der Waals surface area (Å²) in [6.07, 6.45) is 1.59. The first-order valence-electron chi connectivity index (χ1n) is 6.45. The fraction of sp³-hybridized carbons (Fsp3) is 0. The third-order valence-corrected chi connectivity index (χ3v) is 3.40. The number of H-pyrrole nitrogens is 2. The molecule has 4 rings (SSSR count). The van der Waals surface area contributed by atoms with Gasteiger partial charge >= 0.3 is 0 Å². The van der Waals surface area contributed by atoms with Gasteiger partial charge in [-0.15, -0.1) is 0 Å². The number of aromatic nitrogens is 4. The number of imidazole rings is 1. The quantitative estimate of drug-likeness (QED) is 0.567. The van der Waals surface area contributed by atoms with Crippen LogP contribution in [0.4, 0.5) is 8.78 Å². The highest BCUT2D eigenvalue weighted by Gasteiger charge is 2.12. The summed E-state index contributed by atoms with van der Waals surface area (Å²) in [4.78, 5) is 26.0. The monoisotopic (exact) mass is 298 g/mol. The predicted molar refractivity (Wildman–Crippen MR) is 77.4 cm³/mol. The van der Waals surface area contributed by atoms with Crippen molar-refractivity contribution in [3.63, 3.8) is 0 Å². The van der Waals surface area contributed by atoms with Gasteiger partial charge in [0.05, 0.1) is 16.6 Å². The molecule has 0 spiro atoms. The van der Waals surface area contributed by atoms with Gasteiger partial charge in [0.25, 0.3) is 5.56 Å². The molecule has 22 heavy (non-hydrogen) atoms. The van der Waals surface area contributed by atoms with Crippen molar-refractivity contribution in [3.05, 3.63) is 58.5 Å². The van der Waals surface area contributed by atoms with Crippen molar-refractivity contribution in [2.24, 2.45) is 0 Å². The highest BCUT2D eigenvalue weighted by atomic mass is 19.2. The van der Waals surface area contributed by atoms with Crippen molar-refractivity contribution in [1.82, 2.24) is 19.9 Å². The van der Waals surface area contributed by atoms with Gasteiger partial charge in [-0.05, 0) is 24.3 Å². The summed E-state index contributed by atoms with van der Waals surface area (Å²) < 4.78 is 26.6. The van der Waals surface area contributed by atoms with Crippen molar-refractivity contribution in [1.29, 1.82) is 0 Å². The Kier molecular flexibility index (Phi) is 2.56. The summed E-state index contributed by atoms with van der Waals surface area (Å²) in [6.45, 7) is 0. The molecule has 0 fully saturated rings. The minimum atomic E-state index is -1.01. The van der Waals surface area contributed by atoms with Gasteiger partial charge in [-0.3, -0.25) is 4.79 Å². The summed E-state index contributed by atoms with van der Waals surface area (Å²) in [5.41, 5.74) is 1.17. The maximum Gasteiger partial charge on any atom is 0.259 e. The SMILES string of the molecule is O=c1[nH]c2cc(F)c(F)cc2cc1-c1nc2ncccc2[nH]1. The molecule has 0 unspecified atom stereocenters. The third kappa shape index (κ3) is 1.86. The normalized spacial score (nSPS) is 11.4. The zero-order valence-electron chi connectivity index (χ0n) is 11.0. The van der Waals surface area contributed by atoms with Crippen molar-refractivity contribution in [2.45, 2.75) is 0 Å². The summed E-state index contributed by atoms with van der Waals surface area (Å²) in [7, 11) is 0. The minimum Gasteiger partial charge on any atom is -0.336 e. The molecule has 108 valence electrons. The molecule has 7 heteroatoms. The van der Waals surface area contributed by atoms with Gasteiger partial charge in [-0.1, -0.05) is 0 Å². The van der Waals surface area contributed by atoms with Crippen molar-refractivity contribution < 1.29 is 8.78 Å². The lowest BCUT2D eigenvalue weighted by molar-refractivity contribution is 0.510. The topological polar surface area (TPSA) is 74.4 Å². The van der Waals surface area contributed by atoms with E-state index in [1.54, 1.807) is 18.3 Å². The zero-order valence-corrected chi connectivity index (χ0v) is 11.0. The average molecular weight is 298 g/mol. The van der Waals surface area contributed by atoms with Gasteiger partial charge in [0.1, 0.15) is 5.82 Å². The zero-order chi connectivity index (χ0) is 15.3. The summed E-state index contributed by atoms with van der Waals surface area (Å²) in [5, 5.41) is 0.377. The maximum absolute atomic E-state index is 13.4. The lowest BCUT2D eigenvalue weighted by Crippen LogP contribution is -2.09.